The highest BCUT2D eigenvalue weighted by atomic mass is 35.5. The molecule has 1 aromatic carbocycles. The lowest BCUT2D eigenvalue weighted by atomic mass is 9.96. The molecular weight excluding hydrogens is 336 g/mol. The first kappa shape index (κ1) is 16.1. The fourth-order valence-corrected chi connectivity index (χ4v) is 3.41. The van der Waals surface area contributed by atoms with Gasteiger partial charge in [0, 0.05) is 23.8 Å². The normalized spacial score (nSPS) is 15.4. The van der Waals surface area contributed by atoms with Crippen molar-refractivity contribution in [3.63, 3.8) is 0 Å². The van der Waals surface area contributed by atoms with E-state index in [1.54, 1.807) is 10.9 Å². The first-order valence-corrected chi connectivity index (χ1v) is 9.06. The van der Waals surface area contributed by atoms with Crippen LogP contribution in [0.5, 0.6) is 0 Å². The zero-order valence-electron chi connectivity index (χ0n) is 14.2. The molecule has 0 amide bonds. The van der Waals surface area contributed by atoms with Crippen LogP contribution in [0.4, 0.5) is 17.5 Å². The Bertz CT molecular complexity index is 867. The van der Waals surface area contributed by atoms with E-state index in [0.29, 0.717) is 17.0 Å². The van der Waals surface area contributed by atoms with Crippen LogP contribution in [0.1, 0.15) is 32.1 Å². The zero-order valence-corrected chi connectivity index (χ0v) is 14.9. The molecular formula is C18H21ClN6. The van der Waals surface area contributed by atoms with Gasteiger partial charge in [0.2, 0.25) is 5.95 Å². The Morgan fingerprint density at radius 1 is 1.08 bits per heavy atom. The van der Waals surface area contributed by atoms with Gasteiger partial charge in [-0.25, -0.2) is 0 Å². The van der Waals surface area contributed by atoms with E-state index in [9.17, 15) is 0 Å². The van der Waals surface area contributed by atoms with E-state index in [-0.39, 0.29) is 0 Å². The topological polar surface area (TPSA) is 67.7 Å². The Morgan fingerprint density at radius 2 is 1.84 bits per heavy atom. The largest absolute Gasteiger partial charge is 0.351 e. The summed E-state index contributed by atoms with van der Waals surface area (Å²) in [6.45, 7) is 0. The van der Waals surface area contributed by atoms with Crippen LogP contribution >= 0.6 is 11.6 Å². The number of nitrogens with zero attached hydrogens (tertiary/aromatic N) is 4. The summed E-state index contributed by atoms with van der Waals surface area (Å²) in [5, 5.41) is 12.8. The Labute approximate surface area is 151 Å². The fourth-order valence-electron chi connectivity index (χ4n) is 3.28. The summed E-state index contributed by atoms with van der Waals surface area (Å²) in [5.74, 6) is 1.40. The van der Waals surface area contributed by atoms with Crippen LogP contribution in [-0.2, 0) is 7.05 Å². The molecule has 0 radical (unpaired) electrons. The van der Waals surface area contributed by atoms with E-state index >= 15 is 0 Å². The Balaban J connectivity index is 1.67. The van der Waals surface area contributed by atoms with Gasteiger partial charge in [-0.3, -0.25) is 4.68 Å². The summed E-state index contributed by atoms with van der Waals surface area (Å²) >= 11 is 5.97. The molecule has 0 saturated heterocycles. The quantitative estimate of drug-likeness (QED) is 0.720. The minimum absolute atomic E-state index is 0.447. The van der Waals surface area contributed by atoms with Gasteiger partial charge in [-0.05, 0) is 37.1 Å². The summed E-state index contributed by atoms with van der Waals surface area (Å²) in [5.41, 5.74) is 1.74. The van der Waals surface area contributed by atoms with Gasteiger partial charge in [0.15, 0.2) is 5.65 Å². The van der Waals surface area contributed by atoms with Crippen LogP contribution in [0.15, 0.2) is 30.5 Å². The fraction of sp³-hybridized carbons (Fsp3) is 0.389. The summed E-state index contributed by atoms with van der Waals surface area (Å²) in [7, 11) is 1.89. The van der Waals surface area contributed by atoms with Crippen LogP contribution in [0.3, 0.4) is 0 Å². The van der Waals surface area contributed by atoms with Crippen molar-refractivity contribution in [2.75, 3.05) is 10.6 Å². The summed E-state index contributed by atoms with van der Waals surface area (Å²) in [6.07, 6.45) is 7.99. The SMILES string of the molecule is Cn1ncc2c(Nc3ccc(Cl)cc3)nc(NC3CCCCC3)nc21. The number of halogens is 1. The van der Waals surface area contributed by atoms with Gasteiger partial charge < -0.3 is 10.6 Å². The van der Waals surface area contributed by atoms with Gasteiger partial charge in [-0.2, -0.15) is 15.1 Å². The maximum Gasteiger partial charge on any atom is 0.226 e. The van der Waals surface area contributed by atoms with Crippen molar-refractivity contribution in [3.05, 3.63) is 35.5 Å². The van der Waals surface area contributed by atoms with Gasteiger partial charge >= 0.3 is 0 Å². The minimum Gasteiger partial charge on any atom is -0.351 e. The van der Waals surface area contributed by atoms with Crippen molar-refractivity contribution in [2.45, 2.75) is 38.1 Å². The van der Waals surface area contributed by atoms with Gasteiger partial charge in [0.1, 0.15) is 5.82 Å². The molecule has 25 heavy (non-hydrogen) atoms. The summed E-state index contributed by atoms with van der Waals surface area (Å²) in [4.78, 5) is 9.37. The average Bonchev–Trinajstić information content (AvgIpc) is 2.99. The van der Waals surface area contributed by atoms with Crippen molar-refractivity contribution in [2.24, 2.45) is 7.05 Å². The van der Waals surface area contributed by atoms with Crippen molar-refractivity contribution < 1.29 is 0 Å². The van der Waals surface area contributed by atoms with Gasteiger partial charge in [-0.1, -0.05) is 30.9 Å². The second-order valence-corrected chi connectivity index (χ2v) is 6.95. The molecule has 1 saturated carbocycles. The first-order valence-electron chi connectivity index (χ1n) is 8.68. The van der Waals surface area contributed by atoms with E-state index in [1.165, 1.54) is 32.1 Å². The second-order valence-electron chi connectivity index (χ2n) is 6.51. The molecule has 0 bridgehead atoms. The number of aromatic nitrogens is 4. The zero-order chi connectivity index (χ0) is 17.2. The van der Waals surface area contributed by atoms with Crippen molar-refractivity contribution >= 4 is 40.1 Å². The lowest BCUT2D eigenvalue weighted by Crippen LogP contribution is -2.23. The Hall–Kier alpha value is -2.34. The monoisotopic (exact) mass is 356 g/mol. The van der Waals surface area contributed by atoms with Crippen molar-refractivity contribution in [3.8, 4) is 0 Å². The second kappa shape index (κ2) is 6.88. The molecule has 6 nitrogen and oxygen atoms in total. The average molecular weight is 357 g/mol. The lowest BCUT2D eigenvalue weighted by molar-refractivity contribution is 0.461. The number of benzene rings is 1. The molecule has 0 unspecified atom stereocenters. The van der Waals surface area contributed by atoms with Crippen LogP contribution < -0.4 is 10.6 Å². The Kier molecular flexibility index (Phi) is 4.44. The molecule has 2 aromatic heterocycles. The number of nitrogens with one attached hydrogen (secondary N) is 2. The van der Waals surface area contributed by atoms with Crippen molar-refractivity contribution in [1.29, 1.82) is 0 Å². The molecule has 4 rings (SSSR count). The third-order valence-corrected chi connectivity index (χ3v) is 4.89. The lowest BCUT2D eigenvalue weighted by Gasteiger charge is -2.23. The smallest absolute Gasteiger partial charge is 0.226 e. The molecule has 2 N–H and O–H groups in total. The molecule has 2 heterocycles. The third kappa shape index (κ3) is 3.54. The van der Waals surface area contributed by atoms with Crippen LogP contribution in [0.25, 0.3) is 11.0 Å². The Morgan fingerprint density at radius 3 is 2.60 bits per heavy atom. The molecule has 0 spiro atoms. The first-order chi connectivity index (χ1) is 12.2. The number of hydrogen-bond donors (Lipinski definition) is 2. The number of hydrogen-bond acceptors (Lipinski definition) is 5. The molecule has 0 atom stereocenters. The molecule has 1 aliphatic rings. The predicted molar refractivity (Wildman–Crippen MR) is 102 cm³/mol. The van der Waals surface area contributed by atoms with Gasteiger partial charge in [-0.15, -0.1) is 0 Å². The van der Waals surface area contributed by atoms with E-state index < -0.39 is 0 Å². The van der Waals surface area contributed by atoms with E-state index in [2.05, 4.69) is 20.7 Å². The van der Waals surface area contributed by atoms with Gasteiger partial charge in [0.05, 0.1) is 11.6 Å². The molecule has 0 aliphatic heterocycles. The van der Waals surface area contributed by atoms with Crippen LogP contribution in [-0.4, -0.2) is 25.8 Å². The van der Waals surface area contributed by atoms with Crippen LogP contribution in [0, 0.1) is 0 Å². The highest BCUT2D eigenvalue weighted by Gasteiger charge is 2.17. The maximum atomic E-state index is 5.97. The standard InChI is InChI=1S/C18H21ClN6/c1-25-17-15(11-20-25)16(21-14-9-7-12(19)8-10-14)23-18(24-17)22-13-5-3-2-4-6-13/h7-11,13H,2-6H2,1H3,(H2,21,22,23,24). The molecule has 7 heteroatoms. The molecule has 1 fully saturated rings. The third-order valence-electron chi connectivity index (χ3n) is 4.64. The number of anilines is 3. The highest BCUT2D eigenvalue weighted by Crippen LogP contribution is 2.27. The van der Waals surface area contributed by atoms with E-state index in [4.69, 9.17) is 16.6 Å². The molecule has 1 aliphatic carbocycles. The number of fused-ring (bicyclic) bond motifs is 1. The van der Waals surface area contributed by atoms with Crippen LogP contribution in [0.2, 0.25) is 5.02 Å². The van der Waals surface area contributed by atoms with Crippen molar-refractivity contribution in [1.82, 2.24) is 19.7 Å². The maximum absolute atomic E-state index is 5.97. The number of aryl methyl sites for hydroxylation is 1. The molecule has 130 valence electrons. The van der Waals surface area contributed by atoms with E-state index in [1.807, 2.05) is 31.3 Å². The minimum atomic E-state index is 0.447. The molecule has 3 aromatic rings. The summed E-state index contributed by atoms with van der Waals surface area (Å²) in [6, 6.07) is 8.02. The number of rotatable bonds is 4. The van der Waals surface area contributed by atoms with Gasteiger partial charge in [0.25, 0.3) is 0 Å². The highest BCUT2D eigenvalue weighted by molar-refractivity contribution is 6.30. The summed E-state index contributed by atoms with van der Waals surface area (Å²) < 4.78 is 1.77. The predicted octanol–water partition coefficient (Wildman–Crippen LogP) is 4.50. The van der Waals surface area contributed by atoms with E-state index in [0.717, 1.165) is 22.5 Å².